The Morgan fingerprint density at radius 3 is 2.33 bits per heavy atom. The molecule has 1 aromatic rings. The molecule has 4 heteroatoms. The van der Waals surface area contributed by atoms with E-state index in [0.717, 1.165) is 44.5 Å². The van der Waals surface area contributed by atoms with Crippen LogP contribution in [0.25, 0.3) is 0 Å². The first kappa shape index (κ1) is 26.0. The highest BCUT2D eigenvalue weighted by atomic mass is 16.5. The van der Waals surface area contributed by atoms with Crippen molar-refractivity contribution in [3.05, 3.63) is 53.6 Å². The summed E-state index contributed by atoms with van der Waals surface area (Å²) in [6, 6.07) is 7.11. The first-order valence-electron chi connectivity index (χ1n) is 11.2. The number of esters is 1. The molecule has 0 spiro atoms. The predicted molar refractivity (Wildman–Crippen MR) is 126 cm³/mol. The van der Waals surface area contributed by atoms with Crippen molar-refractivity contribution in [2.24, 2.45) is 0 Å². The highest BCUT2D eigenvalue weighted by Gasteiger charge is 2.20. The topological polar surface area (TPSA) is 38.8 Å². The first-order chi connectivity index (χ1) is 14.3. The lowest BCUT2D eigenvalue weighted by Crippen LogP contribution is -2.42. The number of hydrogen-bond donors (Lipinski definition) is 0. The number of carbonyl (C=O) groups excluding carboxylic acids is 1. The Morgan fingerprint density at radius 2 is 1.77 bits per heavy atom. The molecule has 0 radical (unpaired) electrons. The van der Waals surface area contributed by atoms with Crippen LogP contribution < -0.4 is 4.74 Å². The fraction of sp³-hybridized carbons (Fsp3) is 0.577. The molecule has 1 rings (SSSR count). The van der Waals surface area contributed by atoms with Crippen LogP contribution in [0.15, 0.2) is 48.1 Å². The molecule has 0 amide bonds. The fourth-order valence-corrected chi connectivity index (χ4v) is 3.35. The molecule has 30 heavy (non-hydrogen) atoms. The van der Waals surface area contributed by atoms with Crippen molar-refractivity contribution in [1.29, 1.82) is 0 Å². The minimum Gasteiger partial charge on any atom is -0.494 e. The van der Waals surface area contributed by atoms with Gasteiger partial charge < -0.3 is 9.47 Å². The number of rotatable bonds is 13. The zero-order valence-electron chi connectivity index (χ0n) is 19.9. The molecule has 0 N–H and O–H groups in total. The van der Waals surface area contributed by atoms with Gasteiger partial charge in [-0.25, -0.2) is 4.79 Å². The maximum Gasteiger partial charge on any atom is 0.337 e. The van der Waals surface area contributed by atoms with Gasteiger partial charge in [0.25, 0.3) is 0 Å². The summed E-state index contributed by atoms with van der Waals surface area (Å²) < 4.78 is 10.5. The van der Waals surface area contributed by atoms with E-state index >= 15 is 0 Å². The van der Waals surface area contributed by atoms with Crippen molar-refractivity contribution in [2.75, 3.05) is 26.8 Å². The van der Waals surface area contributed by atoms with Crippen LogP contribution in [0.4, 0.5) is 0 Å². The van der Waals surface area contributed by atoms with E-state index in [9.17, 15) is 4.79 Å². The average Bonchev–Trinajstić information content (AvgIpc) is 2.71. The van der Waals surface area contributed by atoms with Gasteiger partial charge in [-0.1, -0.05) is 30.7 Å². The Morgan fingerprint density at radius 1 is 1.07 bits per heavy atom. The van der Waals surface area contributed by atoms with E-state index in [-0.39, 0.29) is 11.5 Å². The molecular formula is C26H41NO3. The third-order valence-corrected chi connectivity index (χ3v) is 5.08. The lowest BCUT2D eigenvalue weighted by Gasteiger charge is -2.36. The van der Waals surface area contributed by atoms with Gasteiger partial charge in [0, 0.05) is 12.1 Å². The number of allylic oxidation sites excluding steroid dienone is 3. The Labute approximate surface area is 183 Å². The third kappa shape index (κ3) is 10.1. The summed E-state index contributed by atoms with van der Waals surface area (Å²) in [5.74, 6) is 0.464. The summed E-state index contributed by atoms with van der Waals surface area (Å²) in [5, 5.41) is 0. The first-order valence-corrected chi connectivity index (χ1v) is 11.2. The van der Waals surface area contributed by atoms with Crippen LogP contribution in [0.3, 0.4) is 0 Å². The number of benzene rings is 1. The quantitative estimate of drug-likeness (QED) is 0.211. The molecule has 1 aromatic carbocycles. The molecule has 0 aliphatic heterocycles. The lowest BCUT2D eigenvalue weighted by molar-refractivity contribution is 0.0600. The van der Waals surface area contributed by atoms with E-state index < -0.39 is 0 Å². The van der Waals surface area contributed by atoms with Crippen molar-refractivity contribution >= 4 is 5.97 Å². The van der Waals surface area contributed by atoms with E-state index in [1.54, 1.807) is 12.1 Å². The fourth-order valence-electron chi connectivity index (χ4n) is 3.35. The molecule has 4 nitrogen and oxygen atoms in total. The van der Waals surface area contributed by atoms with E-state index in [0.29, 0.717) is 12.2 Å². The van der Waals surface area contributed by atoms with E-state index in [1.165, 1.54) is 19.1 Å². The zero-order chi connectivity index (χ0) is 22.4. The van der Waals surface area contributed by atoms with Gasteiger partial charge >= 0.3 is 5.97 Å². The molecule has 0 aromatic heterocycles. The molecule has 0 unspecified atom stereocenters. The monoisotopic (exact) mass is 415 g/mol. The van der Waals surface area contributed by atoms with Crippen LogP contribution in [-0.4, -0.2) is 43.2 Å². The van der Waals surface area contributed by atoms with Crippen LogP contribution in [0.2, 0.25) is 0 Å². The van der Waals surface area contributed by atoms with Gasteiger partial charge in [0.05, 0.1) is 19.3 Å². The summed E-state index contributed by atoms with van der Waals surface area (Å²) >= 11 is 0. The highest BCUT2D eigenvalue weighted by molar-refractivity contribution is 5.89. The summed E-state index contributed by atoms with van der Waals surface area (Å²) in [4.78, 5) is 14.0. The third-order valence-electron chi connectivity index (χ3n) is 5.08. The van der Waals surface area contributed by atoms with E-state index in [4.69, 9.17) is 9.47 Å². The Bertz CT molecular complexity index is 669. The zero-order valence-corrected chi connectivity index (χ0v) is 19.9. The van der Waals surface area contributed by atoms with Crippen molar-refractivity contribution in [2.45, 2.75) is 72.3 Å². The predicted octanol–water partition coefficient (Wildman–Crippen LogP) is 6.43. The van der Waals surface area contributed by atoms with E-state index in [2.05, 4.69) is 57.7 Å². The summed E-state index contributed by atoms with van der Waals surface area (Å²) in [6.07, 6.45) is 12.2. The molecule has 0 saturated heterocycles. The molecule has 0 heterocycles. The summed E-state index contributed by atoms with van der Waals surface area (Å²) in [7, 11) is 1.39. The van der Waals surface area contributed by atoms with Crippen LogP contribution in [-0.2, 0) is 4.74 Å². The molecule has 168 valence electrons. The normalized spacial score (nSPS) is 12.6. The summed E-state index contributed by atoms with van der Waals surface area (Å²) in [6.45, 7) is 14.1. The number of methoxy groups -OCH3 is 1. The highest BCUT2D eigenvalue weighted by Crippen LogP contribution is 2.18. The van der Waals surface area contributed by atoms with Gasteiger partial charge in [-0.05, 0) is 90.6 Å². The SMILES string of the molecule is C/C=C\C(=C/CC)CCN(CCCCCOc1ccc(C(=O)OC)cc1)C(C)(C)C. The standard InChI is InChI=1S/C26H41NO3/c1-7-12-22(13-8-2)18-20-27(26(3,4)5)19-10-9-11-21-30-24-16-14-23(15-17-24)25(28)29-6/h7,12-17H,8-11,18-21H2,1-6H3/b12-7-,22-13+. The maximum absolute atomic E-state index is 11.5. The molecule has 0 fully saturated rings. The average molecular weight is 416 g/mol. The largest absolute Gasteiger partial charge is 0.494 e. The number of hydrogen-bond acceptors (Lipinski definition) is 4. The summed E-state index contributed by atoms with van der Waals surface area (Å²) in [5.41, 5.74) is 2.14. The van der Waals surface area contributed by atoms with Gasteiger partial charge in [-0.3, -0.25) is 4.90 Å². The van der Waals surface area contributed by atoms with Gasteiger partial charge in [-0.15, -0.1) is 0 Å². The van der Waals surface area contributed by atoms with E-state index in [1.807, 2.05) is 12.1 Å². The second-order valence-corrected chi connectivity index (χ2v) is 8.52. The van der Waals surface area contributed by atoms with Crippen molar-refractivity contribution in [3.8, 4) is 5.75 Å². The number of unbranched alkanes of at least 4 members (excludes halogenated alkanes) is 2. The Hall–Kier alpha value is -2.07. The van der Waals surface area contributed by atoms with Gasteiger partial charge in [-0.2, -0.15) is 0 Å². The van der Waals surface area contributed by atoms with Crippen LogP contribution >= 0.6 is 0 Å². The smallest absolute Gasteiger partial charge is 0.337 e. The second-order valence-electron chi connectivity index (χ2n) is 8.52. The van der Waals surface area contributed by atoms with Gasteiger partial charge in [0.15, 0.2) is 0 Å². The molecule has 0 atom stereocenters. The second kappa shape index (κ2) is 14.0. The Balaban J connectivity index is 2.36. The van der Waals surface area contributed by atoms with Gasteiger partial charge in [0.2, 0.25) is 0 Å². The van der Waals surface area contributed by atoms with Crippen LogP contribution in [0, 0.1) is 0 Å². The molecule has 0 aliphatic rings. The maximum atomic E-state index is 11.5. The van der Waals surface area contributed by atoms with Gasteiger partial charge in [0.1, 0.15) is 5.75 Å². The molecular weight excluding hydrogens is 374 g/mol. The minimum absolute atomic E-state index is 0.172. The van der Waals surface area contributed by atoms with Crippen molar-refractivity contribution in [3.63, 3.8) is 0 Å². The lowest BCUT2D eigenvalue weighted by atomic mass is 10.0. The number of nitrogens with zero attached hydrogens (tertiary/aromatic N) is 1. The molecule has 0 bridgehead atoms. The van der Waals surface area contributed by atoms with Crippen LogP contribution in [0.5, 0.6) is 5.75 Å². The van der Waals surface area contributed by atoms with Crippen molar-refractivity contribution < 1.29 is 14.3 Å². The van der Waals surface area contributed by atoms with Crippen molar-refractivity contribution in [1.82, 2.24) is 4.90 Å². The molecule has 0 saturated carbocycles. The Kier molecular flexibility index (Phi) is 12.1. The number of ether oxygens (including phenoxy) is 2. The van der Waals surface area contributed by atoms with Crippen LogP contribution in [0.1, 0.15) is 77.1 Å². The molecule has 0 aliphatic carbocycles. The number of carbonyl (C=O) groups is 1. The minimum atomic E-state index is -0.326.